The van der Waals surface area contributed by atoms with E-state index in [1.165, 1.54) is 24.0 Å². The van der Waals surface area contributed by atoms with E-state index in [9.17, 15) is 13.2 Å². The van der Waals surface area contributed by atoms with Crippen LogP contribution in [0.4, 0.5) is 5.69 Å². The molecule has 0 spiro atoms. The Morgan fingerprint density at radius 2 is 1.67 bits per heavy atom. The number of sulfonamides is 1. The predicted octanol–water partition coefficient (Wildman–Crippen LogP) is 4.23. The third kappa shape index (κ3) is 4.60. The highest BCUT2D eigenvalue weighted by atomic mass is 32.2. The largest absolute Gasteiger partial charge is 0.326 e. The molecule has 0 radical (unpaired) electrons. The van der Waals surface area contributed by atoms with Crippen molar-refractivity contribution in [1.29, 1.82) is 0 Å². The van der Waals surface area contributed by atoms with Crippen LogP contribution in [-0.4, -0.2) is 31.7 Å². The summed E-state index contributed by atoms with van der Waals surface area (Å²) in [6.45, 7) is 3.01. The number of hydrogen-bond acceptors (Lipinski definition) is 3. The third-order valence-corrected chi connectivity index (χ3v) is 8.11. The van der Waals surface area contributed by atoms with Crippen molar-refractivity contribution in [2.24, 2.45) is 0 Å². The van der Waals surface area contributed by atoms with E-state index in [0.29, 0.717) is 18.8 Å². The van der Waals surface area contributed by atoms with Crippen LogP contribution >= 0.6 is 0 Å². The lowest BCUT2D eigenvalue weighted by Gasteiger charge is -2.26. The SMILES string of the molecule is Cc1ccc(S(=O)(=O)N2CCCCC2)cc1NC(=O)Cc1ccc2c(c1)CCCC2. The van der Waals surface area contributed by atoms with Crippen molar-refractivity contribution in [2.75, 3.05) is 18.4 Å². The van der Waals surface area contributed by atoms with Crippen LogP contribution < -0.4 is 5.32 Å². The Kier molecular flexibility index (Phi) is 6.25. The number of aryl methyl sites for hydroxylation is 3. The maximum Gasteiger partial charge on any atom is 0.243 e. The molecule has 2 aromatic carbocycles. The van der Waals surface area contributed by atoms with Crippen LogP contribution in [0.2, 0.25) is 0 Å². The number of amides is 1. The van der Waals surface area contributed by atoms with Gasteiger partial charge in [-0.05, 0) is 79.8 Å². The van der Waals surface area contributed by atoms with Crippen molar-refractivity contribution in [3.63, 3.8) is 0 Å². The van der Waals surface area contributed by atoms with Crippen LogP contribution in [0, 0.1) is 6.92 Å². The van der Waals surface area contributed by atoms with Crippen LogP contribution in [0.25, 0.3) is 0 Å². The normalized spacial score (nSPS) is 17.4. The molecule has 6 heteroatoms. The molecule has 1 saturated heterocycles. The molecule has 0 unspecified atom stereocenters. The van der Waals surface area contributed by atoms with E-state index in [1.54, 1.807) is 22.5 Å². The summed E-state index contributed by atoms with van der Waals surface area (Å²) >= 11 is 0. The fourth-order valence-corrected chi connectivity index (χ4v) is 5.97. The summed E-state index contributed by atoms with van der Waals surface area (Å²) < 4.78 is 27.5. The number of carbonyl (C=O) groups is 1. The predicted molar refractivity (Wildman–Crippen MR) is 119 cm³/mol. The van der Waals surface area contributed by atoms with Crippen molar-refractivity contribution < 1.29 is 13.2 Å². The first-order valence-electron chi connectivity index (χ1n) is 10.9. The molecule has 0 atom stereocenters. The van der Waals surface area contributed by atoms with Gasteiger partial charge in [0.1, 0.15) is 0 Å². The fraction of sp³-hybridized carbons (Fsp3) is 0.458. The average molecular weight is 427 g/mol. The van der Waals surface area contributed by atoms with E-state index in [1.807, 2.05) is 13.0 Å². The molecule has 160 valence electrons. The van der Waals surface area contributed by atoms with Gasteiger partial charge in [0.15, 0.2) is 0 Å². The number of piperidine rings is 1. The molecule has 1 N–H and O–H groups in total. The minimum absolute atomic E-state index is 0.124. The first kappa shape index (κ1) is 21.1. The number of anilines is 1. The summed E-state index contributed by atoms with van der Waals surface area (Å²) in [6.07, 6.45) is 7.81. The zero-order valence-corrected chi connectivity index (χ0v) is 18.4. The quantitative estimate of drug-likeness (QED) is 0.778. The van der Waals surface area contributed by atoms with Gasteiger partial charge in [-0.1, -0.05) is 30.7 Å². The molecule has 1 fully saturated rings. The number of nitrogens with one attached hydrogen (secondary N) is 1. The molecule has 5 nitrogen and oxygen atoms in total. The maximum atomic E-state index is 13.0. The van der Waals surface area contributed by atoms with E-state index in [4.69, 9.17) is 0 Å². The molecule has 1 amide bonds. The Labute approximate surface area is 179 Å². The number of hydrogen-bond donors (Lipinski definition) is 1. The molecule has 4 rings (SSSR count). The van der Waals surface area contributed by atoms with Crippen LogP contribution in [0.15, 0.2) is 41.3 Å². The van der Waals surface area contributed by atoms with Crippen LogP contribution in [0.3, 0.4) is 0 Å². The lowest BCUT2D eigenvalue weighted by Crippen LogP contribution is -2.35. The van der Waals surface area contributed by atoms with Gasteiger partial charge < -0.3 is 5.32 Å². The second-order valence-electron chi connectivity index (χ2n) is 8.48. The van der Waals surface area contributed by atoms with Gasteiger partial charge >= 0.3 is 0 Å². The van der Waals surface area contributed by atoms with Crippen molar-refractivity contribution in [3.05, 3.63) is 58.7 Å². The van der Waals surface area contributed by atoms with E-state index in [-0.39, 0.29) is 17.2 Å². The average Bonchev–Trinajstić information content (AvgIpc) is 2.75. The number of benzene rings is 2. The topological polar surface area (TPSA) is 66.5 Å². The molecule has 1 aliphatic heterocycles. The molecular weight excluding hydrogens is 396 g/mol. The molecule has 0 bridgehead atoms. The molecule has 2 aliphatic rings. The highest BCUT2D eigenvalue weighted by molar-refractivity contribution is 7.89. The van der Waals surface area contributed by atoms with E-state index >= 15 is 0 Å². The first-order chi connectivity index (χ1) is 14.4. The molecule has 0 saturated carbocycles. The summed E-state index contributed by atoms with van der Waals surface area (Å²) in [5.41, 5.74) is 5.18. The van der Waals surface area contributed by atoms with Gasteiger partial charge in [-0.25, -0.2) is 8.42 Å². The Hall–Kier alpha value is -2.18. The highest BCUT2D eigenvalue weighted by Gasteiger charge is 2.26. The Morgan fingerprint density at radius 3 is 2.43 bits per heavy atom. The Morgan fingerprint density at radius 1 is 0.933 bits per heavy atom. The van der Waals surface area contributed by atoms with Crippen molar-refractivity contribution in [2.45, 2.75) is 63.2 Å². The van der Waals surface area contributed by atoms with Gasteiger partial charge in [0.25, 0.3) is 0 Å². The number of carbonyl (C=O) groups excluding carboxylic acids is 1. The standard InChI is InChI=1S/C24H30N2O3S/c1-18-9-12-22(30(28,29)26-13-5-2-6-14-26)17-23(18)25-24(27)16-19-10-11-20-7-3-4-8-21(20)15-19/h9-12,15,17H,2-8,13-14,16H2,1H3,(H,25,27). The Balaban J connectivity index is 1.49. The molecule has 1 aliphatic carbocycles. The lowest BCUT2D eigenvalue weighted by atomic mass is 9.90. The third-order valence-electron chi connectivity index (χ3n) is 6.21. The van der Waals surface area contributed by atoms with Gasteiger partial charge in [0.05, 0.1) is 11.3 Å². The second-order valence-corrected chi connectivity index (χ2v) is 10.4. The zero-order valence-electron chi connectivity index (χ0n) is 17.6. The number of rotatable bonds is 5. The lowest BCUT2D eigenvalue weighted by molar-refractivity contribution is -0.115. The summed E-state index contributed by atoms with van der Waals surface area (Å²) in [5, 5.41) is 2.93. The smallest absolute Gasteiger partial charge is 0.243 e. The Bertz CT molecular complexity index is 1040. The van der Waals surface area contributed by atoms with Gasteiger partial charge in [0, 0.05) is 18.8 Å². The molecule has 1 heterocycles. The summed E-state index contributed by atoms with van der Waals surface area (Å²) in [4.78, 5) is 12.9. The van der Waals surface area contributed by atoms with Gasteiger partial charge in [-0.15, -0.1) is 0 Å². The van der Waals surface area contributed by atoms with Crippen molar-refractivity contribution in [3.8, 4) is 0 Å². The monoisotopic (exact) mass is 426 g/mol. The summed E-state index contributed by atoms with van der Waals surface area (Å²) in [5.74, 6) is -0.124. The molecule has 30 heavy (non-hydrogen) atoms. The molecule has 0 aromatic heterocycles. The number of nitrogens with zero attached hydrogens (tertiary/aromatic N) is 1. The highest BCUT2D eigenvalue weighted by Crippen LogP contribution is 2.26. The second kappa shape index (κ2) is 8.90. The maximum absolute atomic E-state index is 13.0. The van der Waals surface area contributed by atoms with Gasteiger partial charge in [-0.3, -0.25) is 4.79 Å². The minimum atomic E-state index is -3.52. The van der Waals surface area contributed by atoms with E-state index in [0.717, 1.165) is 43.2 Å². The van der Waals surface area contributed by atoms with Gasteiger partial charge in [0.2, 0.25) is 15.9 Å². The fourth-order valence-electron chi connectivity index (χ4n) is 4.43. The van der Waals surface area contributed by atoms with Crippen LogP contribution in [0.1, 0.15) is 54.4 Å². The van der Waals surface area contributed by atoms with Crippen LogP contribution in [0.5, 0.6) is 0 Å². The van der Waals surface area contributed by atoms with Crippen molar-refractivity contribution >= 4 is 21.6 Å². The van der Waals surface area contributed by atoms with E-state index < -0.39 is 10.0 Å². The summed E-state index contributed by atoms with van der Waals surface area (Å²) in [7, 11) is -3.52. The van der Waals surface area contributed by atoms with E-state index in [2.05, 4.69) is 17.4 Å². The first-order valence-corrected chi connectivity index (χ1v) is 12.4. The molecular formula is C24H30N2O3S. The number of fused-ring (bicyclic) bond motifs is 1. The summed E-state index contributed by atoms with van der Waals surface area (Å²) in [6, 6.07) is 11.3. The van der Waals surface area contributed by atoms with Crippen molar-refractivity contribution in [1.82, 2.24) is 4.31 Å². The van der Waals surface area contributed by atoms with Crippen LogP contribution in [-0.2, 0) is 34.1 Å². The van der Waals surface area contributed by atoms with Gasteiger partial charge in [-0.2, -0.15) is 4.31 Å². The zero-order chi connectivity index (χ0) is 21.1. The molecule has 2 aromatic rings. The minimum Gasteiger partial charge on any atom is -0.326 e.